The smallest absolute Gasteiger partial charge is 0.326 e. The first kappa shape index (κ1) is 17.9. The molecule has 4 N–H and O–H groups in total. The van der Waals surface area contributed by atoms with Gasteiger partial charge in [-0.05, 0) is 24.3 Å². The number of nitrogens with zero attached hydrogens (tertiary/aromatic N) is 3. The van der Waals surface area contributed by atoms with E-state index in [4.69, 9.17) is 10.5 Å². The van der Waals surface area contributed by atoms with Crippen molar-refractivity contribution in [2.24, 2.45) is 5.73 Å². The van der Waals surface area contributed by atoms with E-state index in [1.165, 1.54) is 11.3 Å². The molecule has 3 rings (SSSR count). The van der Waals surface area contributed by atoms with Crippen LogP contribution < -0.4 is 16.4 Å². The number of carbonyl (C=O) groups excluding carboxylic acids is 1. The topological polar surface area (TPSA) is 115 Å². The van der Waals surface area contributed by atoms with Gasteiger partial charge in [0, 0.05) is 29.9 Å². The Bertz CT molecular complexity index is 855. The van der Waals surface area contributed by atoms with Crippen LogP contribution in [0.3, 0.4) is 0 Å². The van der Waals surface area contributed by atoms with E-state index in [0.717, 1.165) is 10.6 Å². The zero-order valence-electron chi connectivity index (χ0n) is 13.9. The number of anilines is 2. The summed E-state index contributed by atoms with van der Waals surface area (Å²) in [6.07, 6.45) is 3.40. The van der Waals surface area contributed by atoms with Crippen LogP contribution in [0.25, 0.3) is 10.6 Å². The third-order valence-corrected chi connectivity index (χ3v) is 4.12. The van der Waals surface area contributed by atoms with Crippen LogP contribution in [0.2, 0.25) is 0 Å². The van der Waals surface area contributed by atoms with E-state index in [-0.39, 0.29) is 0 Å². The Balaban J connectivity index is 1.57. The van der Waals surface area contributed by atoms with Gasteiger partial charge in [-0.2, -0.15) is 0 Å². The molecular formula is C17H18N6O2S. The van der Waals surface area contributed by atoms with E-state index in [0.29, 0.717) is 37.1 Å². The molecule has 134 valence electrons. The number of amides is 2. The largest absolute Gasteiger partial charge is 0.374 e. The monoisotopic (exact) mass is 370 g/mol. The Kier molecular flexibility index (Phi) is 6.20. The van der Waals surface area contributed by atoms with Crippen LogP contribution in [-0.4, -0.2) is 34.1 Å². The number of nitrogens with one attached hydrogen (secondary N) is 2. The predicted octanol–water partition coefficient (Wildman–Crippen LogP) is 2.72. The third-order valence-electron chi connectivity index (χ3n) is 3.23. The molecule has 2 amide bonds. The van der Waals surface area contributed by atoms with Crippen LogP contribution in [-0.2, 0) is 11.3 Å². The maximum Gasteiger partial charge on any atom is 0.326 e. The van der Waals surface area contributed by atoms with Crippen molar-refractivity contribution in [2.45, 2.75) is 6.61 Å². The van der Waals surface area contributed by atoms with E-state index < -0.39 is 6.03 Å². The van der Waals surface area contributed by atoms with Crippen LogP contribution >= 0.6 is 11.3 Å². The van der Waals surface area contributed by atoms with E-state index in [1.54, 1.807) is 29.9 Å². The standard InChI is InChI=1S/C17H18N6O2S/c18-6-9-25-10-13-2-1-3-14(20-13)22-17(24)23-15-11-26-16(21-15)12-4-7-19-8-5-12/h1-5,7-8,11H,6,9-10,18H2,(H2,20,22,23,24). The summed E-state index contributed by atoms with van der Waals surface area (Å²) in [4.78, 5) is 24.8. The van der Waals surface area contributed by atoms with Crippen molar-refractivity contribution in [3.05, 3.63) is 53.8 Å². The number of aromatic nitrogens is 3. The molecule has 0 unspecified atom stereocenters. The molecule has 3 aromatic rings. The van der Waals surface area contributed by atoms with Crippen molar-refractivity contribution < 1.29 is 9.53 Å². The first-order valence-electron chi connectivity index (χ1n) is 7.92. The molecule has 8 nitrogen and oxygen atoms in total. The van der Waals surface area contributed by atoms with Gasteiger partial charge in [0.2, 0.25) is 0 Å². The number of hydrogen-bond donors (Lipinski definition) is 3. The lowest BCUT2D eigenvalue weighted by atomic mass is 10.3. The maximum absolute atomic E-state index is 12.1. The minimum Gasteiger partial charge on any atom is -0.374 e. The zero-order valence-corrected chi connectivity index (χ0v) is 14.7. The normalized spacial score (nSPS) is 10.5. The van der Waals surface area contributed by atoms with E-state index in [2.05, 4.69) is 25.6 Å². The Morgan fingerprint density at radius 3 is 2.73 bits per heavy atom. The molecule has 26 heavy (non-hydrogen) atoms. The van der Waals surface area contributed by atoms with Crippen molar-refractivity contribution in [1.29, 1.82) is 0 Å². The van der Waals surface area contributed by atoms with Crippen LogP contribution in [0.5, 0.6) is 0 Å². The van der Waals surface area contributed by atoms with Gasteiger partial charge in [0.1, 0.15) is 16.6 Å². The number of hydrogen-bond acceptors (Lipinski definition) is 7. The lowest BCUT2D eigenvalue weighted by Crippen LogP contribution is -2.20. The second kappa shape index (κ2) is 8.99. The zero-order chi connectivity index (χ0) is 18.2. The number of pyridine rings is 2. The number of carbonyl (C=O) groups is 1. The lowest BCUT2D eigenvalue weighted by molar-refractivity contribution is 0.125. The molecule has 0 saturated carbocycles. The minimum atomic E-state index is -0.413. The second-order valence-electron chi connectivity index (χ2n) is 5.21. The third kappa shape index (κ3) is 5.06. The molecule has 0 bridgehead atoms. The fourth-order valence-electron chi connectivity index (χ4n) is 2.11. The summed E-state index contributed by atoms with van der Waals surface area (Å²) in [6.45, 7) is 1.26. The highest BCUT2D eigenvalue weighted by molar-refractivity contribution is 7.13. The molecule has 0 aliphatic rings. The number of nitrogens with two attached hydrogens (primary N) is 1. The summed E-state index contributed by atoms with van der Waals surface area (Å²) < 4.78 is 5.34. The first-order valence-corrected chi connectivity index (χ1v) is 8.80. The summed E-state index contributed by atoms with van der Waals surface area (Å²) in [5, 5.41) is 7.96. The quantitative estimate of drug-likeness (QED) is 0.551. The molecule has 0 radical (unpaired) electrons. The van der Waals surface area contributed by atoms with Crippen LogP contribution in [0.1, 0.15) is 5.69 Å². The molecule has 0 saturated heterocycles. The molecule has 9 heteroatoms. The summed E-state index contributed by atoms with van der Waals surface area (Å²) in [6, 6.07) is 8.64. The summed E-state index contributed by atoms with van der Waals surface area (Å²) in [5.41, 5.74) is 7.04. The Morgan fingerprint density at radius 1 is 1.12 bits per heavy atom. The fraction of sp³-hybridized carbons (Fsp3) is 0.176. The van der Waals surface area contributed by atoms with Gasteiger partial charge in [-0.1, -0.05) is 6.07 Å². The second-order valence-corrected chi connectivity index (χ2v) is 6.07. The fourth-order valence-corrected chi connectivity index (χ4v) is 2.87. The summed E-state index contributed by atoms with van der Waals surface area (Å²) in [5.74, 6) is 0.905. The predicted molar refractivity (Wildman–Crippen MR) is 101 cm³/mol. The minimum absolute atomic E-state index is 0.343. The Morgan fingerprint density at radius 2 is 1.92 bits per heavy atom. The molecule has 3 aromatic heterocycles. The molecule has 0 aliphatic heterocycles. The van der Waals surface area contributed by atoms with Crippen molar-refractivity contribution in [3.8, 4) is 10.6 Å². The molecule has 0 atom stereocenters. The summed E-state index contributed by atoms with van der Waals surface area (Å²) >= 11 is 1.44. The van der Waals surface area contributed by atoms with Gasteiger partial charge in [-0.25, -0.2) is 14.8 Å². The van der Waals surface area contributed by atoms with Crippen molar-refractivity contribution in [3.63, 3.8) is 0 Å². The number of ether oxygens (including phenoxy) is 1. The first-order chi connectivity index (χ1) is 12.7. The van der Waals surface area contributed by atoms with E-state index in [9.17, 15) is 4.79 Å². The Labute approximate surface area is 154 Å². The van der Waals surface area contributed by atoms with Crippen LogP contribution in [0, 0.1) is 0 Å². The summed E-state index contributed by atoms with van der Waals surface area (Å²) in [7, 11) is 0. The van der Waals surface area contributed by atoms with Gasteiger partial charge in [0.05, 0.1) is 18.9 Å². The number of thiazole rings is 1. The molecule has 0 fully saturated rings. The van der Waals surface area contributed by atoms with Crippen molar-refractivity contribution in [2.75, 3.05) is 23.8 Å². The van der Waals surface area contributed by atoms with Crippen LogP contribution in [0.15, 0.2) is 48.1 Å². The highest BCUT2D eigenvalue weighted by Crippen LogP contribution is 2.25. The molecule has 0 aliphatic carbocycles. The molecule has 3 heterocycles. The molecule has 0 aromatic carbocycles. The number of rotatable bonds is 7. The van der Waals surface area contributed by atoms with Gasteiger partial charge in [0.15, 0.2) is 0 Å². The molecular weight excluding hydrogens is 352 g/mol. The van der Waals surface area contributed by atoms with Crippen molar-refractivity contribution in [1.82, 2.24) is 15.0 Å². The van der Waals surface area contributed by atoms with Gasteiger partial charge in [0.25, 0.3) is 0 Å². The van der Waals surface area contributed by atoms with E-state index >= 15 is 0 Å². The molecule has 0 spiro atoms. The average molecular weight is 370 g/mol. The van der Waals surface area contributed by atoms with Gasteiger partial charge in [-0.15, -0.1) is 11.3 Å². The highest BCUT2D eigenvalue weighted by atomic mass is 32.1. The maximum atomic E-state index is 12.1. The SMILES string of the molecule is NCCOCc1cccc(NC(=O)Nc2csc(-c3ccncc3)n2)n1. The average Bonchev–Trinajstić information content (AvgIpc) is 3.11. The lowest BCUT2D eigenvalue weighted by Gasteiger charge is -2.07. The van der Waals surface area contributed by atoms with Gasteiger partial charge >= 0.3 is 6.03 Å². The number of urea groups is 1. The highest BCUT2D eigenvalue weighted by Gasteiger charge is 2.09. The Hall–Kier alpha value is -2.88. The van der Waals surface area contributed by atoms with E-state index in [1.807, 2.05) is 18.2 Å². The van der Waals surface area contributed by atoms with Crippen LogP contribution in [0.4, 0.5) is 16.4 Å². The van der Waals surface area contributed by atoms with Gasteiger partial charge < -0.3 is 10.5 Å². The van der Waals surface area contributed by atoms with Crippen molar-refractivity contribution >= 4 is 29.0 Å². The van der Waals surface area contributed by atoms with Gasteiger partial charge in [-0.3, -0.25) is 15.6 Å².